The van der Waals surface area contributed by atoms with Gasteiger partial charge >= 0.3 is 5.97 Å². The zero-order valence-corrected chi connectivity index (χ0v) is 29.3. The fourth-order valence-corrected chi connectivity index (χ4v) is 9.83. The molecule has 0 saturated heterocycles. The standard InChI is InChI=1S/C33H60O4Si2/c1-23(34)36-25-17-20-33(22-35-38(9,10)30(2,3)4)24(21-25)13-14-26-27-15-16-29(32(27,8)19-18-28(26)33)37-39(11,12)31(5,6)7/h13,25-29H,14-22H2,1-12H3/t25?,26-,27-,28-,29-,32-,33+/m0/s1/i22D,29D/t22-,25?,26-,27-,28-,29-,32-,33+. The van der Waals surface area contributed by atoms with E-state index < -0.39 is 29.3 Å². The molecule has 0 bridgehead atoms. The summed E-state index contributed by atoms with van der Waals surface area (Å²) in [5, 5.41) is 0.0949. The first kappa shape index (κ1) is 28.7. The number of hydrogen-bond donors (Lipinski definition) is 0. The second-order valence-electron chi connectivity index (χ2n) is 16.6. The molecule has 0 aromatic rings. The fourth-order valence-electron chi connectivity index (χ4n) is 7.72. The summed E-state index contributed by atoms with van der Waals surface area (Å²) in [5.74, 6) is 0.962. The number of fused-ring (bicyclic) bond motifs is 5. The highest BCUT2D eigenvalue weighted by Crippen LogP contribution is 2.66. The fraction of sp³-hybridized carbons (Fsp3) is 0.909. The summed E-state index contributed by atoms with van der Waals surface area (Å²) < 4.78 is 39.3. The third kappa shape index (κ3) is 5.67. The van der Waals surface area contributed by atoms with Gasteiger partial charge in [0.05, 0.1) is 8.82 Å². The lowest BCUT2D eigenvalue weighted by atomic mass is 9.47. The second-order valence-corrected chi connectivity index (χ2v) is 26.1. The van der Waals surface area contributed by atoms with Gasteiger partial charge in [-0.15, -0.1) is 0 Å². The number of esters is 1. The highest BCUT2D eigenvalue weighted by Gasteiger charge is 2.61. The van der Waals surface area contributed by atoms with Crippen molar-refractivity contribution in [3.05, 3.63) is 11.6 Å². The van der Waals surface area contributed by atoms with E-state index in [2.05, 4.69) is 80.7 Å². The molecule has 4 aliphatic rings. The summed E-state index contributed by atoms with van der Waals surface area (Å²) in [6, 6.07) is 0. The molecule has 1 unspecified atom stereocenters. The van der Waals surface area contributed by atoms with E-state index in [1.165, 1.54) is 12.5 Å². The first-order valence-corrected chi connectivity index (χ1v) is 21.5. The Morgan fingerprint density at radius 1 is 1.00 bits per heavy atom. The zero-order valence-electron chi connectivity index (χ0n) is 29.3. The van der Waals surface area contributed by atoms with Crippen molar-refractivity contribution in [3.63, 3.8) is 0 Å². The van der Waals surface area contributed by atoms with Gasteiger partial charge in [-0.25, -0.2) is 0 Å². The predicted octanol–water partition coefficient (Wildman–Crippen LogP) is 9.27. The molecule has 0 aromatic heterocycles. The molecule has 8 atom stereocenters. The summed E-state index contributed by atoms with van der Waals surface area (Å²) in [7, 11) is -4.31. The van der Waals surface area contributed by atoms with E-state index in [0.717, 1.165) is 51.4 Å². The Labute approximate surface area is 245 Å². The first-order valence-electron chi connectivity index (χ1n) is 16.8. The van der Waals surface area contributed by atoms with Crippen LogP contribution < -0.4 is 0 Å². The summed E-state index contributed by atoms with van der Waals surface area (Å²) in [6.45, 7) is 25.9. The van der Waals surface area contributed by atoms with Crippen molar-refractivity contribution in [1.82, 2.24) is 0 Å². The number of rotatable bonds is 6. The minimum atomic E-state index is -2.19. The van der Waals surface area contributed by atoms with E-state index in [0.29, 0.717) is 17.8 Å². The maximum atomic E-state index is 11.9. The van der Waals surface area contributed by atoms with Crippen LogP contribution in [-0.4, -0.2) is 41.4 Å². The summed E-state index contributed by atoms with van der Waals surface area (Å²) in [4.78, 5) is 11.9. The molecule has 4 aliphatic carbocycles. The second kappa shape index (κ2) is 10.4. The Morgan fingerprint density at radius 3 is 2.23 bits per heavy atom. The lowest BCUT2D eigenvalue weighted by Gasteiger charge is -2.59. The van der Waals surface area contributed by atoms with Crippen LogP contribution in [0.25, 0.3) is 0 Å². The Hall–Kier alpha value is -0.436. The lowest BCUT2D eigenvalue weighted by Crippen LogP contribution is -2.56. The van der Waals surface area contributed by atoms with Gasteiger partial charge in [0.25, 0.3) is 0 Å². The van der Waals surface area contributed by atoms with Crippen LogP contribution in [0.5, 0.6) is 0 Å². The lowest BCUT2D eigenvalue weighted by molar-refractivity contribution is -0.149. The van der Waals surface area contributed by atoms with Crippen LogP contribution >= 0.6 is 0 Å². The molecule has 0 heterocycles. The molecule has 0 aliphatic heterocycles. The van der Waals surface area contributed by atoms with Crippen molar-refractivity contribution in [2.75, 3.05) is 6.58 Å². The summed E-state index contributed by atoms with van der Waals surface area (Å²) in [6.07, 6.45) is 8.57. The summed E-state index contributed by atoms with van der Waals surface area (Å²) in [5.41, 5.74) is 0.749. The van der Waals surface area contributed by atoms with Gasteiger partial charge in [-0.1, -0.05) is 60.1 Å². The van der Waals surface area contributed by atoms with Crippen LogP contribution in [0.1, 0.15) is 109 Å². The van der Waals surface area contributed by atoms with Crippen molar-refractivity contribution < 1.29 is 21.1 Å². The van der Waals surface area contributed by atoms with Gasteiger partial charge in [-0.05, 0) is 104 Å². The van der Waals surface area contributed by atoms with Gasteiger partial charge in [-0.3, -0.25) is 4.79 Å². The number of allylic oxidation sites excluding steroid dienone is 1. The van der Waals surface area contributed by atoms with Crippen LogP contribution in [0.2, 0.25) is 36.3 Å². The Balaban J connectivity index is 1.71. The quantitative estimate of drug-likeness (QED) is 0.179. The number of ether oxygens (including phenoxy) is 1. The smallest absolute Gasteiger partial charge is 0.302 e. The molecule has 0 amide bonds. The van der Waals surface area contributed by atoms with Crippen molar-refractivity contribution in [2.24, 2.45) is 28.6 Å². The minimum Gasteiger partial charge on any atom is -0.462 e. The normalized spacial score (nSPS) is 40.9. The Bertz CT molecular complexity index is 1050. The molecule has 4 nitrogen and oxygen atoms in total. The number of hydrogen-bond acceptors (Lipinski definition) is 4. The minimum absolute atomic E-state index is 0.0261. The van der Waals surface area contributed by atoms with E-state index in [9.17, 15) is 7.54 Å². The highest BCUT2D eigenvalue weighted by atomic mass is 28.4. The highest BCUT2D eigenvalue weighted by molar-refractivity contribution is 6.74. The van der Waals surface area contributed by atoms with Crippen LogP contribution in [0.15, 0.2) is 11.6 Å². The third-order valence-corrected chi connectivity index (χ3v) is 20.9. The molecule has 39 heavy (non-hydrogen) atoms. The molecule has 0 radical (unpaired) electrons. The molecule has 0 spiro atoms. The topological polar surface area (TPSA) is 44.8 Å². The van der Waals surface area contributed by atoms with E-state index in [1.807, 2.05) is 0 Å². The average molecular weight is 579 g/mol. The van der Waals surface area contributed by atoms with Crippen molar-refractivity contribution in [2.45, 2.75) is 155 Å². The number of carbonyl (C=O) groups is 1. The molecule has 3 fully saturated rings. The van der Waals surface area contributed by atoms with E-state index >= 15 is 0 Å². The van der Waals surface area contributed by atoms with Crippen molar-refractivity contribution in [1.29, 1.82) is 0 Å². The van der Waals surface area contributed by atoms with Gasteiger partial charge in [-0.2, -0.15) is 0 Å². The van der Waals surface area contributed by atoms with Crippen LogP contribution in [0.3, 0.4) is 0 Å². The van der Waals surface area contributed by atoms with Gasteiger partial charge in [0.1, 0.15) is 6.10 Å². The van der Waals surface area contributed by atoms with Crippen molar-refractivity contribution >= 4 is 22.6 Å². The monoisotopic (exact) mass is 578 g/mol. The maximum Gasteiger partial charge on any atom is 0.302 e. The average Bonchev–Trinajstić information content (AvgIpc) is 3.06. The van der Waals surface area contributed by atoms with Crippen LogP contribution in [0, 0.1) is 28.6 Å². The third-order valence-electron chi connectivity index (χ3n) is 12.3. The maximum absolute atomic E-state index is 11.9. The largest absolute Gasteiger partial charge is 0.462 e. The molecular weight excluding hydrogens is 517 g/mol. The summed E-state index contributed by atoms with van der Waals surface area (Å²) >= 11 is 0. The molecule has 3 saturated carbocycles. The van der Waals surface area contributed by atoms with Crippen LogP contribution in [-0.2, 0) is 18.4 Å². The SMILES string of the molecule is [2H][C@H](O[Si](C)(C)C(C)(C)C)[C@]12CCC(OC(C)=O)CC1=CC[C@@H]1[C@@H]2CC[C@@]2(C)[C@H]1CC[C@]2([2H])O[Si](C)(C)C(C)(C)C. The zero-order chi connectivity index (χ0) is 31.0. The van der Waals surface area contributed by atoms with Crippen LogP contribution in [0.4, 0.5) is 0 Å². The van der Waals surface area contributed by atoms with Crippen molar-refractivity contribution in [3.8, 4) is 0 Å². The van der Waals surface area contributed by atoms with E-state index in [1.54, 1.807) is 0 Å². The molecule has 0 N–H and O–H groups in total. The van der Waals surface area contributed by atoms with E-state index in [-0.39, 0.29) is 33.0 Å². The molecule has 224 valence electrons. The predicted molar refractivity (Wildman–Crippen MR) is 167 cm³/mol. The Morgan fingerprint density at radius 2 is 1.64 bits per heavy atom. The molecular formula is C33H60O4Si2. The first-order chi connectivity index (χ1) is 18.5. The van der Waals surface area contributed by atoms with Gasteiger partial charge < -0.3 is 13.6 Å². The molecule has 6 heteroatoms. The number of carbonyl (C=O) groups excluding carboxylic acids is 1. The van der Waals surface area contributed by atoms with E-state index in [4.69, 9.17) is 13.6 Å². The van der Waals surface area contributed by atoms with Gasteiger partial charge in [0, 0.05) is 25.3 Å². The molecule has 0 aromatic carbocycles. The molecule has 4 rings (SSSR count). The van der Waals surface area contributed by atoms with Gasteiger partial charge in [0.15, 0.2) is 16.6 Å². The van der Waals surface area contributed by atoms with Gasteiger partial charge in [0.2, 0.25) is 0 Å². The Kier molecular flexibility index (Phi) is 7.63.